The number of hydrogen-bond donors (Lipinski definition) is 2. The van der Waals surface area contributed by atoms with Crippen molar-refractivity contribution in [3.05, 3.63) is 35.9 Å². The molecule has 0 radical (unpaired) electrons. The zero-order valence-electron chi connectivity index (χ0n) is 14.2. The van der Waals surface area contributed by atoms with Gasteiger partial charge in [-0.15, -0.1) is 0 Å². The predicted molar refractivity (Wildman–Crippen MR) is 95.4 cm³/mol. The second kappa shape index (κ2) is 9.22. The van der Waals surface area contributed by atoms with Crippen LogP contribution in [-0.4, -0.2) is 28.7 Å². The first kappa shape index (κ1) is 19.9. The van der Waals surface area contributed by atoms with Crippen molar-refractivity contribution in [2.24, 2.45) is 5.73 Å². The van der Waals surface area contributed by atoms with Crippen molar-refractivity contribution in [3.8, 4) is 0 Å². The summed E-state index contributed by atoms with van der Waals surface area (Å²) in [7, 11) is 0. The van der Waals surface area contributed by atoms with Crippen LogP contribution in [0.5, 0.6) is 0 Å². The quantitative estimate of drug-likeness (QED) is 0.579. The summed E-state index contributed by atoms with van der Waals surface area (Å²) in [6.07, 6.45) is -0.124. The van der Waals surface area contributed by atoms with Gasteiger partial charge in [-0.2, -0.15) is 0 Å². The Morgan fingerprint density at radius 3 is 2.42 bits per heavy atom. The zero-order chi connectivity index (χ0) is 18.2. The van der Waals surface area contributed by atoms with Crippen LogP contribution in [0.3, 0.4) is 0 Å². The summed E-state index contributed by atoms with van der Waals surface area (Å²) in [5.41, 5.74) is 5.66. The normalized spacial score (nSPS) is 12.1. The Labute approximate surface area is 147 Å². The monoisotopic (exact) mass is 352 g/mol. The summed E-state index contributed by atoms with van der Waals surface area (Å²) >= 11 is 4.82. The van der Waals surface area contributed by atoms with Crippen LogP contribution in [0.15, 0.2) is 30.3 Å². The fraction of sp³-hybridized carbons (Fsp3) is 0.471. The van der Waals surface area contributed by atoms with Crippen LogP contribution in [0.1, 0.15) is 39.2 Å². The van der Waals surface area contributed by atoms with Crippen molar-refractivity contribution >= 4 is 29.3 Å². The summed E-state index contributed by atoms with van der Waals surface area (Å²) in [6, 6.07) is 8.38. The van der Waals surface area contributed by atoms with Crippen LogP contribution < -0.4 is 11.1 Å². The molecule has 0 bridgehead atoms. The number of nitrogens with two attached hydrogens (primary N) is 1. The molecular weight excluding hydrogens is 328 g/mol. The molecule has 0 fully saturated rings. The Kier molecular flexibility index (Phi) is 7.64. The highest BCUT2D eigenvalue weighted by atomic mass is 32.1. The van der Waals surface area contributed by atoms with Gasteiger partial charge in [-0.1, -0.05) is 42.5 Å². The molecule has 3 N–H and O–H groups in total. The van der Waals surface area contributed by atoms with Gasteiger partial charge in [-0.3, -0.25) is 0 Å². The fourth-order valence-electron chi connectivity index (χ4n) is 1.82. The maximum absolute atomic E-state index is 12.2. The van der Waals surface area contributed by atoms with Gasteiger partial charge in [-0.05, 0) is 32.8 Å². The van der Waals surface area contributed by atoms with Crippen LogP contribution >= 0.6 is 12.2 Å². The molecule has 1 aromatic rings. The summed E-state index contributed by atoms with van der Waals surface area (Å²) in [5.74, 6) is -0.546. The Morgan fingerprint density at radius 1 is 1.25 bits per heavy atom. The molecule has 24 heavy (non-hydrogen) atoms. The van der Waals surface area contributed by atoms with Gasteiger partial charge in [0.25, 0.3) is 0 Å². The van der Waals surface area contributed by atoms with E-state index in [0.717, 1.165) is 5.56 Å². The number of benzene rings is 1. The fourth-order valence-corrected chi connectivity index (χ4v) is 1.93. The Morgan fingerprint density at radius 2 is 1.88 bits per heavy atom. The largest absolute Gasteiger partial charge is 0.458 e. The molecule has 0 saturated carbocycles. The van der Waals surface area contributed by atoms with Gasteiger partial charge in [0.2, 0.25) is 0 Å². The van der Waals surface area contributed by atoms with Crippen LogP contribution in [0.4, 0.5) is 4.79 Å². The maximum Gasteiger partial charge on any atom is 0.408 e. The van der Waals surface area contributed by atoms with Gasteiger partial charge in [-0.25, -0.2) is 9.59 Å². The number of hydrogen-bond acceptors (Lipinski definition) is 5. The van der Waals surface area contributed by atoms with E-state index in [2.05, 4.69) is 5.32 Å². The first-order valence-electron chi connectivity index (χ1n) is 7.66. The standard InChI is InChI=1S/C17H24N2O4S/c1-17(2,3)23-15(20)13(9-10-14(18)24)19-16(21)22-11-12-7-5-4-6-8-12/h4-8,13H,9-11H2,1-3H3,(H2,18,24)(H,19,21)/t13-/m0/s1. The molecule has 6 nitrogen and oxygen atoms in total. The minimum Gasteiger partial charge on any atom is -0.458 e. The van der Waals surface area contributed by atoms with Gasteiger partial charge in [0.05, 0.1) is 4.99 Å². The highest BCUT2D eigenvalue weighted by Gasteiger charge is 2.27. The molecule has 1 aromatic carbocycles. The number of thiocarbonyl (C=S) groups is 1. The Bertz CT molecular complexity index is 570. The zero-order valence-corrected chi connectivity index (χ0v) is 15.0. The number of nitrogens with one attached hydrogen (secondary N) is 1. The summed E-state index contributed by atoms with van der Waals surface area (Å²) in [6.45, 7) is 5.37. The highest BCUT2D eigenvalue weighted by Crippen LogP contribution is 2.11. The molecule has 0 aliphatic heterocycles. The van der Waals surface area contributed by atoms with Crippen molar-refractivity contribution in [1.29, 1.82) is 0 Å². The number of rotatable bonds is 7. The molecule has 7 heteroatoms. The number of ether oxygens (including phenoxy) is 2. The molecule has 0 unspecified atom stereocenters. The van der Waals surface area contributed by atoms with Gasteiger partial charge in [0.15, 0.2) is 0 Å². The molecule has 0 heterocycles. The Hall–Kier alpha value is -2.15. The van der Waals surface area contributed by atoms with Crippen molar-refractivity contribution in [3.63, 3.8) is 0 Å². The van der Waals surface area contributed by atoms with Crippen LogP contribution in [0, 0.1) is 0 Å². The molecule has 0 spiro atoms. The predicted octanol–water partition coefficient (Wildman–Crippen LogP) is 2.69. The Balaban J connectivity index is 2.60. The minimum atomic E-state index is -0.867. The average Bonchev–Trinajstić information content (AvgIpc) is 2.48. The number of amides is 1. The van der Waals surface area contributed by atoms with Gasteiger partial charge in [0.1, 0.15) is 18.2 Å². The van der Waals surface area contributed by atoms with E-state index >= 15 is 0 Å². The number of carbonyl (C=O) groups is 2. The summed E-state index contributed by atoms with van der Waals surface area (Å²) < 4.78 is 10.4. The molecule has 1 atom stereocenters. The molecular formula is C17H24N2O4S. The first-order valence-corrected chi connectivity index (χ1v) is 8.06. The summed E-state index contributed by atoms with van der Waals surface area (Å²) in [5, 5.41) is 2.51. The SMILES string of the molecule is CC(C)(C)OC(=O)[C@H](CCC(N)=S)NC(=O)OCc1ccccc1. The van der Waals surface area contributed by atoms with Crippen molar-refractivity contribution < 1.29 is 19.1 Å². The lowest BCUT2D eigenvalue weighted by Crippen LogP contribution is -2.44. The second-order valence-corrected chi connectivity index (χ2v) is 6.82. The van der Waals surface area contributed by atoms with E-state index in [-0.39, 0.29) is 18.0 Å². The van der Waals surface area contributed by atoms with E-state index < -0.39 is 23.7 Å². The van der Waals surface area contributed by atoms with Gasteiger partial charge >= 0.3 is 12.1 Å². The molecule has 1 rings (SSSR count). The third-order valence-electron chi connectivity index (χ3n) is 2.88. The van der Waals surface area contributed by atoms with Crippen LogP contribution in [0.2, 0.25) is 0 Å². The molecule has 132 valence electrons. The van der Waals surface area contributed by atoms with E-state index in [1.54, 1.807) is 20.8 Å². The van der Waals surface area contributed by atoms with Crippen LogP contribution in [0.25, 0.3) is 0 Å². The lowest BCUT2D eigenvalue weighted by Gasteiger charge is -2.24. The van der Waals surface area contributed by atoms with Gasteiger partial charge < -0.3 is 20.5 Å². The number of alkyl carbamates (subject to hydrolysis) is 1. The third kappa shape index (κ3) is 8.47. The molecule has 0 aliphatic carbocycles. The van der Waals surface area contributed by atoms with E-state index in [0.29, 0.717) is 6.42 Å². The van der Waals surface area contributed by atoms with E-state index in [1.165, 1.54) is 0 Å². The average molecular weight is 352 g/mol. The minimum absolute atomic E-state index is 0.114. The number of esters is 1. The number of carbonyl (C=O) groups excluding carboxylic acids is 2. The summed E-state index contributed by atoms with van der Waals surface area (Å²) in [4.78, 5) is 24.4. The second-order valence-electron chi connectivity index (χ2n) is 6.30. The highest BCUT2D eigenvalue weighted by molar-refractivity contribution is 7.80. The lowest BCUT2D eigenvalue weighted by atomic mass is 10.1. The van der Waals surface area contributed by atoms with Crippen molar-refractivity contribution in [2.45, 2.75) is 51.9 Å². The molecule has 0 aromatic heterocycles. The van der Waals surface area contributed by atoms with Gasteiger partial charge in [0, 0.05) is 6.42 Å². The van der Waals surface area contributed by atoms with E-state index in [9.17, 15) is 9.59 Å². The molecule has 0 aliphatic rings. The molecule has 1 amide bonds. The maximum atomic E-state index is 12.2. The topological polar surface area (TPSA) is 90.6 Å². The van der Waals surface area contributed by atoms with E-state index in [4.69, 9.17) is 27.4 Å². The third-order valence-corrected chi connectivity index (χ3v) is 3.08. The first-order chi connectivity index (χ1) is 11.2. The lowest BCUT2D eigenvalue weighted by molar-refractivity contribution is -0.157. The smallest absolute Gasteiger partial charge is 0.408 e. The van der Waals surface area contributed by atoms with Crippen molar-refractivity contribution in [2.75, 3.05) is 0 Å². The van der Waals surface area contributed by atoms with E-state index in [1.807, 2.05) is 30.3 Å². The van der Waals surface area contributed by atoms with Crippen molar-refractivity contribution in [1.82, 2.24) is 5.32 Å². The molecule has 0 saturated heterocycles. The van der Waals surface area contributed by atoms with Crippen LogP contribution in [-0.2, 0) is 20.9 Å².